The van der Waals surface area contributed by atoms with Crippen LogP contribution in [-0.4, -0.2) is 12.1 Å². The van der Waals surface area contributed by atoms with Crippen molar-refractivity contribution < 1.29 is 9.53 Å². The molecule has 2 nitrogen and oxygen atoms in total. The van der Waals surface area contributed by atoms with Gasteiger partial charge in [0.25, 0.3) is 0 Å². The third-order valence-electron chi connectivity index (χ3n) is 3.44. The summed E-state index contributed by atoms with van der Waals surface area (Å²) >= 11 is 0. The fourth-order valence-electron chi connectivity index (χ4n) is 2.26. The number of unbranched alkanes of at least 4 members (excludes halogenated alkanes) is 5. The summed E-state index contributed by atoms with van der Waals surface area (Å²) < 4.78 is 5.58. The Morgan fingerprint density at radius 1 is 0.909 bits per heavy atom. The van der Waals surface area contributed by atoms with E-state index < -0.39 is 0 Å². The normalized spacial score (nSPS) is 11.9. The molecule has 0 saturated carbocycles. The predicted octanol–water partition coefficient (Wildman–Crippen LogP) is 6.83. The van der Waals surface area contributed by atoms with Crippen molar-refractivity contribution in [3.63, 3.8) is 0 Å². The molecule has 0 aromatic rings. The van der Waals surface area contributed by atoms with Crippen LogP contribution in [-0.2, 0) is 9.53 Å². The van der Waals surface area contributed by atoms with Gasteiger partial charge in [-0.1, -0.05) is 85.3 Å². The molecule has 0 rings (SSSR count). The second-order valence-electron chi connectivity index (χ2n) is 5.53. The van der Waals surface area contributed by atoms with Crippen molar-refractivity contribution >= 4 is 5.97 Å². The van der Waals surface area contributed by atoms with E-state index in [9.17, 15) is 4.79 Å². The molecule has 0 saturated heterocycles. The molecule has 132 valence electrons. The third kappa shape index (κ3) is 17.3. The molecule has 1 atom stereocenters. The minimum atomic E-state index is -0.0103. The topological polar surface area (TPSA) is 26.3 Å². The Balaban J connectivity index is 0. The van der Waals surface area contributed by atoms with Gasteiger partial charge in [0, 0.05) is 12.8 Å². The summed E-state index contributed by atoms with van der Waals surface area (Å²) in [6, 6.07) is 0. The van der Waals surface area contributed by atoms with Crippen LogP contribution in [0.3, 0.4) is 0 Å². The highest BCUT2D eigenvalue weighted by Gasteiger charge is 2.11. The van der Waals surface area contributed by atoms with Gasteiger partial charge in [-0.3, -0.25) is 4.79 Å². The van der Waals surface area contributed by atoms with Gasteiger partial charge in [-0.2, -0.15) is 0 Å². The van der Waals surface area contributed by atoms with Gasteiger partial charge in [0.15, 0.2) is 0 Å². The monoisotopic (exact) mass is 312 g/mol. The second-order valence-corrected chi connectivity index (χ2v) is 5.53. The minimum Gasteiger partial charge on any atom is -0.462 e. The van der Waals surface area contributed by atoms with Gasteiger partial charge in [0.1, 0.15) is 6.10 Å². The van der Waals surface area contributed by atoms with Gasteiger partial charge in [0.2, 0.25) is 0 Å². The Labute approximate surface area is 139 Å². The highest BCUT2D eigenvalue weighted by atomic mass is 16.5. The van der Waals surface area contributed by atoms with E-state index in [1.54, 1.807) is 0 Å². The van der Waals surface area contributed by atoms with Crippen molar-refractivity contribution in [2.24, 2.45) is 0 Å². The van der Waals surface area contributed by atoms with Crippen molar-refractivity contribution in [2.75, 3.05) is 0 Å². The fourth-order valence-corrected chi connectivity index (χ4v) is 2.26. The first-order valence-corrected chi connectivity index (χ1v) is 9.59. The van der Waals surface area contributed by atoms with Crippen LogP contribution in [0, 0.1) is 0 Å². The zero-order valence-electron chi connectivity index (χ0n) is 15.8. The molecule has 0 aromatic heterocycles. The lowest BCUT2D eigenvalue weighted by Gasteiger charge is -2.15. The molecule has 0 fully saturated rings. The highest BCUT2D eigenvalue weighted by Crippen LogP contribution is 2.12. The summed E-state index contributed by atoms with van der Waals surface area (Å²) in [4.78, 5) is 11.8. The molecular weight excluding hydrogens is 272 g/mol. The van der Waals surface area contributed by atoms with Crippen LogP contribution in [0.15, 0.2) is 12.2 Å². The maximum absolute atomic E-state index is 11.8. The van der Waals surface area contributed by atoms with Crippen LogP contribution in [0.25, 0.3) is 0 Å². The first-order valence-electron chi connectivity index (χ1n) is 9.59. The van der Waals surface area contributed by atoms with Crippen molar-refractivity contribution in [1.82, 2.24) is 0 Å². The Morgan fingerprint density at radius 3 is 2.14 bits per heavy atom. The first-order chi connectivity index (χ1) is 10.7. The van der Waals surface area contributed by atoms with E-state index >= 15 is 0 Å². The molecule has 0 bridgehead atoms. The smallest absolute Gasteiger partial charge is 0.306 e. The molecule has 0 aromatic carbocycles. The van der Waals surface area contributed by atoms with Crippen LogP contribution in [0.4, 0.5) is 0 Å². The van der Waals surface area contributed by atoms with Gasteiger partial charge >= 0.3 is 5.97 Å². The lowest BCUT2D eigenvalue weighted by Crippen LogP contribution is -2.17. The van der Waals surface area contributed by atoms with E-state index in [0.29, 0.717) is 6.42 Å². The van der Waals surface area contributed by atoms with Gasteiger partial charge in [-0.05, 0) is 19.3 Å². The van der Waals surface area contributed by atoms with Crippen molar-refractivity contribution in [3.05, 3.63) is 12.2 Å². The lowest BCUT2D eigenvalue weighted by molar-refractivity contribution is -0.149. The summed E-state index contributed by atoms with van der Waals surface area (Å²) in [7, 11) is 0. The van der Waals surface area contributed by atoms with E-state index in [1.165, 1.54) is 25.7 Å². The van der Waals surface area contributed by atoms with Crippen LogP contribution in [0.2, 0.25) is 0 Å². The largest absolute Gasteiger partial charge is 0.462 e. The zero-order valence-corrected chi connectivity index (χ0v) is 15.8. The number of rotatable bonds is 13. The maximum atomic E-state index is 11.8. The molecule has 2 heteroatoms. The SMILES string of the molecule is CC.CC/C=C\CC(CCC)OC(=O)CCCCCCCC. The Morgan fingerprint density at radius 2 is 1.55 bits per heavy atom. The van der Waals surface area contributed by atoms with Crippen LogP contribution < -0.4 is 0 Å². The van der Waals surface area contributed by atoms with E-state index in [4.69, 9.17) is 4.74 Å². The molecule has 22 heavy (non-hydrogen) atoms. The van der Waals surface area contributed by atoms with Crippen molar-refractivity contribution in [1.29, 1.82) is 0 Å². The van der Waals surface area contributed by atoms with Gasteiger partial charge in [0.05, 0.1) is 0 Å². The van der Waals surface area contributed by atoms with Gasteiger partial charge < -0.3 is 4.74 Å². The average molecular weight is 313 g/mol. The van der Waals surface area contributed by atoms with Crippen LogP contribution >= 0.6 is 0 Å². The number of carbonyl (C=O) groups excluding carboxylic acids is 1. The number of allylic oxidation sites excluding steroid dienone is 1. The Hall–Kier alpha value is -0.790. The predicted molar refractivity (Wildman–Crippen MR) is 98.2 cm³/mol. The minimum absolute atomic E-state index is 0.0103. The van der Waals surface area contributed by atoms with E-state index in [2.05, 4.69) is 32.9 Å². The van der Waals surface area contributed by atoms with E-state index in [1.807, 2.05) is 13.8 Å². The summed E-state index contributed by atoms with van der Waals surface area (Å²) in [6.45, 7) is 10.5. The molecule has 0 radical (unpaired) electrons. The van der Waals surface area contributed by atoms with Crippen LogP contribution in [0.1, 0.15) is 105 Å². The number of ether oxygens (including phenoxy) is 1. The Kier molecular flexibility index (Phi) is 21.6. The number of hydrogen-bond acceptors (Lipinski definition) is 2. The lowest BCUT2D eigenvalue weighted by atomic mass is 10.1. The van der Waals surface area contributed by atoms with Gasteiger partial charge in [-0.25, -0.2) is 0 Å². The quantitative estimate of drug-likeness (QED) is 0.211. The highest BCUT2D eigenvalue weighted by molar-refractivity contribution is 5.69. The molecule has 1 unspecified atom stereocenters. The molecule has 0 amide bonds. The molecule has 0 spiro atoms. The van der Waals surface area contributed by atoms with E-state index in [-0.39, 0.29) is 12.1 Å². The summed E-state index contributed by atoms with van der Waals surface area (Å²) in [5.41, 5.74) is 0. The second kappa shape index (κ2) is 20.2. The Bertz CT molecular complexity index is 246. The molecule has 0 heterocycles. The third-order valence-corrected chi connectivity index (χ3v) is 3.44. The molecule has 0 aliphatic rings. The van der Waals surface area contributed by atoms with E-state index in [0.717, 1.165) is 38.5 Å². The first kappa shape index (κ1) is 23.5. The number of esters is 1. The van der Waals surface area contributed by atoms with Crippen LogP contribution in [0.5, 0.6) is 0 Å². The maximum Gasteiger partial charge on any atom is 0.306 e. The molecule has 0 aliphatic heterocycles. The fraction of sp³-hybridized carbons (Fsp3) is 0.850. The number of carbonyl (C=O) groups is 1. The zero-order chi connectivity index (χ0) is 17.1. The number of hydrogen-bond donors (Lipinski definition) is 0. The van der Waals surface area contributed by atoms with Crippen molar-refractivity contribution in [3.8, 4) is 0 Å². The van der Waals surface area contributed by atoms with Crippen molar-refractivity contribution in [2.45, 2.75) is 111 Å². The summed E-state index contributed by atoms with van der Waals surface area (Å²) in [6.07, 6.45) is 16.2. The van der Waals surface area contributed by atoms with Gasteiger partial charge in [-0.15, -0.1) is 0 Å². The molecule has 0 aliphatic carbocycles. The molecular formula is C20H40O2. The summed E-state index contributed by atoms with van der Waals surface area (Å²) in [5, 5.41) is 0. The standard InChI is InChI=1S/C18H34O2.C2H6/c1-4-7-9-10-11-13-16-18(19)20-17(14-6-3)15-12-8-5-2;1-2/h8,12,17H,4-7,9-11,13-16H2,1-3H3;1-2H3/b12-8-;. The summed E-state index contributed by atoms with van der Waals surface area (Å²) in [5.74, 6) is -0.0103. The average Bonchev–Trinajstić information content (AvgIpc) is 2.53. The molecule has 0 N–H and O–H groups in total.